The molecule has 0 spiro atoms. The van der Waals surface area contributed by atoms with Gasteiger partial charge in [0.05, 0.1) is 6.04 Å². The van der Waals surface area contributed by atoms with Crippen molar-refractivity contribution in [2.75, 3.05) is 6.61 Å². The molecule has 1 heterocycles. The third kappa shape index (κ3) is 3.70. The summed E-state index contributed by atoms with van der Waals surface area (Å²) in [6, 6.07) is 11.2. The van der Waals surface area contributed by atoms with Crippen molar-refractivity contribution in [3.05, 3.63) is 58.9 Å². The molecule has 0 saturated heterocycles. The van der Waals surface area contributed by atoms with Crippen LogP contribution in [0.15, 0.2) is 36.4 Å². The van der Waals surface area contributed by atoms with E-state index < -0.39 is 0 Å². The zero-order chi connectivity index (χ0) is 17.0. The van der Waals surface area contributed by atoms with Crippen LogP contribution in [0.3, 0.4) is 0 Å². The standard InChI is InChI=1S/C19H23NO3/c1-5-17(12-23-15(4)21)20-13(2)11-18(14(20)3)19(22)16-9-7-6-8-10-16/h6-11,17H,5,12H2,1-4H3. The normalized spacial score (nSPS) is 12.0. The Labute approximate surface area is 137 Å². The average Bonchev–Trinajstić information content (AvgIpc) is 2.84. The fourth-order valence-corrected chi connectivity index (χ4v) is 2.90. The van der Waals surface area contributed by atoms with E-state index in [1.807, 2.05) is 57.2 Å². The van der Waals surface area contributed by atoms with E-state index in [1.165, 1.54) is 6.92 Å². The van der Waals surface area contributed by atoms with Crippen molar-refractivity contribution in [3.63, 3.8) is 0 Å². The Morgan fingerprint density at radius 3 is 2.39 bits per heavy atom. The molecule has 0 N–H and O–H groups in total. The summed E-state index contributed by atoms with van der Waals surface area (Å²) in [5.74, 6) is -0.265. The molecular formula is C19H23NO3. The minimum absolute atomic E-state index is 0.0206. The zero-order valence-electron chi connectivity index (χ0n) is 14.1. The molecule has 23 heavy (non-hydrogen) atoms. The predicted molar refractivity (Wildman–Crippen MR) is 89.7 cm³/mol. The second-order valence-electron chi connectivity index (χ2n) is 5.71. The summed E-state index contributed by atoms with van der Waals surface area (Å²) in [5.41, 5.74) is 3.30. The Balaban J connectivity index is 2.35. The number of carbonyl (C=O) groups is 2. The van der Waals surface area contributed by atoms with Gasteiger partial charge in [-0.05, 0) is 26.3 Å². The van der Waals surface area contributed by atoms with Crippen LogP contribution in [-0.4, -0.2) is 22.9 Å². The number of aryl methyl sites for hydroxylation is 1. The van der Waals surface area contributed by atoms with Crippen LogP contribution in [0.4, 0.5) is 0 Å². The number of ketones is 1. The van der Waals surface area contributed by atoms with Gasteiger partial charge in [-0.3, -0.25) is 9.59 Å². The quantitative estimate of drug-likeness (QED) is 0.601. The molecule has 2 aromatic rings. The maximum Gasteiger partial charge on any atom is 0.302 e. The van der Waals surface area contributed by atoms with Crippen LogP contribution < -0.4 is 0 Å². The van der Waals surface area contributed by atoms with Gasteiger partial charge in [0.2, 0.25) is 0 Å². The minimum atomic E-state index is -0.286. The smallest absolute Gasteiger partial charge is 0.302 e. The molecule has 1 atom stereocenters. The van der Waals surface area contributed by atoms with Gasteiger partial charge in [-0.1, -0.05) is 37.3 Å². The third-order valence-corrected chi connectivity index (χ3v) is 4.08. The van der Waals surface area contributed by atoms with Crippen molar-refractivity contribution in [2.24, 2.45) is 0 Å². The molecule has 0 aliphatic carbocycles. The molecule has 4 nitrogen and oxygen atoms in total. The number of hydrogen-bond acceptors (Lipinski definition) is 3. The van der Waals surface area contributed by atoms with E-state index in [4.69, 9.17) is 4.74 Å². The maximum atomic E-state index is 12.7. The second-order valence-corrected chi connectivity index (χ2v) is 5.71. The van der Waals surface area contributed by atoms with Crippen molar-refractivity contribution in [3.8, 4) is 0 Å². The first-order valence-electron chi connectivity index (χ1n) is 7.87. The summed E-state index contributed by atoms with van der Waals surface area (Å²) in [6.07, 6.45) is 0.822. The van der Waals surface area contributed by atoms with Crippen LogP contribution >= 0.6 is 0 Å². The molecule has 1 aromatic heterocycles. The lowest BCUT2D eigenvalue weighted by molar-refractivity contribution is -0.142. The fourth-order valence-electron chi connectivity index (χ4n) is 2.90. The summed E-state index contributed by atoms with van der Waals surface area (Å²) in [4.78, 5) is 23.8. The average molecular weight is 313 g/mol. The largest absolute Gasteiger partial charge is 0.464 e. The number of carbonyl (C=O) groups excluding carboxylic acids is 2. The van der Waals surface area contributed by atoms with Gasteiger partial charge in [0, 0.05) is 29.4 Å². The van der Waals surface area contributed by atoms with Gasteiger partial charge in [0.25, 0.3) is 0 Å². The molecule has 0 aliphatic rings. The van der Waals surface area contributed by atoms with Crippen molar-refractivity contribution < 1.29 is 14.3 Å². The highest BCUT2D eigenvalue weighted by Crippen LogP contribution is 2.25. The summed E-state index contributed by atoms with van der Waals surface area (Å²) < 4.78 is 7.27. The number of hydrogen-bond donors (Lipinski definition) is 0. The van der Waals surface area contributed by atoms with E-state index in [-0.39, 0.29) is 17.8 Å². The van der Waals surface area contributed by atoms with E-state index in [9.17, 15) is 9.59 Å². The van der Waals surface area contributed by atoms with Crippen LogP contribution in [0.2, 0.25) is 0 Å². The van der Waals surface area contributed by atoms with E-state index in [1.54, 1.807) is 0 Å². The first kappa shape index (κ1) is 17.0. The highest BCUT2D eigenvalue weighted by Gasteiger charge is 2.21. The monoisotopic (exact) mass is 313 g/mol. The SMILES string of the molecule is CCC(COC(C)=O)n1c(C)cc(C(=O)c2ccccc2)c1C. The van der Waals surface area contributed by atoms with Gasteiger partial charge in [-0.2, -0.15) is 0 Å². The molecule has 0 saturated carbocycles. The van der Waals surface area contributed by atoms with Gasteiger partial charge in [0.15, 0.2) is 5.78 Å². The molecule has 0 amide bonds. The molecule has 122 valence electrons. The maximum absolute atomic E-state index is 12.7. The molecule has 0 fully saturated rings. The lowest BCUT2D eigenvalue weighted by atomic mass is 10.0. The Morgan fingerprint density at radius 2 is 1.83 bits per heavy atom. The Kier molecular flexibility index (Phi) is 5.37. The van der Waals surface area contributed by atoms with Gasteiger partial charge >= 0.3 is 5.97 Å². The first-order chi connectivity index (χ1) is 11.0. The van der Waals surface area contributed by atoms with Gasteiger partial charge < -0.3 is 9.30 Å². The topological polar surface area (TPSA) is 48.3 Å². The predicted octanol–water partition coefficient (Wildman–Crippen LogP) is 3.85. The Hall–Kier alpha value is -2.36. The van der Waals surface area contributed by atoms with Crippen LogP contribution in [0, 0.1) is 13.8 Å². The van der Waals surface area contributed by atoms with Crippen LogP contribution in [0.25, 0.3) is 0 Å². The van der Waals surface area contributed by atoms with Gasteiger partial charge in [0.1, 0.15) is 6.61 Å². The van der Waals surface area contributed by atoms with Gasteiger partial charge in [-0.25, -0.2) is 0 Å². The fraction of sp³-hybridized carbons (Fsp3) is 0.368. The lowest BCUT2D eigenvalue weighted by Gasteiger charge is -2.21. The number of ether oxygens (including phenoxy) is 1. The number of nitrogens with zero attached hydrogens (tertiary/aromatic N) is 1. The molecular weight excluding hydrogens is 290 g/mol. The van der Waals surface area contributed by atoms with Crippen LogP contribution in [-0.2, 0) is 9.53 Å². The van der Waals surface area contributed by atoms with Crippen molar-refractivity contribution in [1.29, 1.82) is 0 Å². The van der Waals surface area contributed by atoms with Gasteiger partial charge in [-0.15, -0.1) is 0 Å². The van der Waals surface area contributed by atoms with E-state index in [2.05, 4.69) is 4.57 Å². The Morgan fingerprint density at radius 1 is 1.17 bits per heavy atom. The molecule has 1 aromatic carbocycles. The highest BCUT2D eigenvalue weighted by molar-refractivity contribution is 6.09. The van der Waals surface area contributed by atoms with E-state index in [0.717, 1.165) is 17.8 Å². The summed E-state index contributed by atoms with van der Waals surface area (Å²) in [6.45, 7) is 7.70. The molecule has 0 radical (unpaired) electrons. The summed E-state index contributed by atoms with van der Waals surface area (Å²) in [7, 11) is 0. The third-order valence-electron chi connectivity index (χ3n) is 4.08. The molecule has 0 bridgehead atoms. The molecule has 1 unspecified atom stereocenters. The van der Waals surface area contributed by atoms with Crippen LogP contribution in [0.1, 0.15) is 53.6 Å². The molecule has 2 rings (SSSR count). The first-order valence-corrected chi connectivity index (χ1v) is 7.87. The lowest BCUT2D eigenvalue weighted by Crippen LogP contribution is -2.19. The molecule has 4 heteroatoms. The number of benzene rings is 1. The summed E-state index contributed by atoms with van der Waals surface area (Å²) >= 11 is 0. The van der Waals surface area contributed by atoms with Crippen LogP contribution in [0.5, 0.6) is 0 Å². The summed E-state index contributed by atoms with van der Waals surface area (Å²) in [5, 5.41) is 0. The molecule has 0 aliphatic heterocycles. The van der Waals surface area contributed by atoms with Crippen molar-refractivity contribution in [2.45, 2.75) is 40.2 Å². The number of aromatic nitrogens is 1. The zero-order valence-corrected chi connectivity index (χ0v) is 14.1. The van der Waals surface area contributed by atoms with E-state index >= 15 is 0 Å². The number of rotatable bonds is 6. The number of esters is 1. The Bertz CT molecular complexity index is 701. The van der Waals surface area contributed by atoms with E-state index in [0.29, 0.717) is 17.7 Å². The highest BCUT2D eigenvalue weighted by atomic mass is 16.5. The minimum Gasteiger partial charge on any atom is -0.464 e. The van der Waals surface area contributed by atoms with Crippen molar-refractivity contribution >= 4 is 11.8 Å². The van der Waals surface area contributed by atoms with Crippen molar-refractivity contribution in [1.82, 2.24) is 4.57 Å². The second kappa shape index (κ2) is 7.27.